The van der Waals surface area contributed by atoms with Crippen molar-refractivity contribution in [1.29, 1.82) is 0 Å². The van der Waals surface area contributed by atoms with E-state index in [4.69, 9.17) is 4.74 Å². The summed E-state index contributed by atoms with van der Waals surface area (Å²) < 4.78 is 22.7. The molecule has 2 aromatic heterocycles. The van der Waals surface area contributed by atoms with E-state index >= 15 is 0 Å². The topological polar surface area (TPSA) is 105 Å². The Morgan fingerprint density at radius 3 is 2.66 bits per heavy atom. The number of thiazole rings is 1. The van der Waals surface area contributed by atoms with E-state index in [-0.39, 0.29) is 23.7 Å². The molecule has 1 saturated heterocycles. The van der Waals surface area contributed by atoms with E-state index in [9.17, 15) is 14.0 Å². The fourth-order valence-corrected chi connectivity index (χ4v) is 6.14. The summed E-state index contributed by atoms with van der Waals surface area (Å²) in [5, 5.41) is 11.3. The van der Waals surface area contributed by atoms with Gasteiger partial charge < -0.3 is 20.3 Å². The van der Waals surface area contributed by atoms with Crippen LogP contribution in [0.3, 0.4) is 0 Å². The van der Waals surface area contributed by atoms with E-state index in [0.29, 0.717) is 40.4 Å². The van der Waals surface area contributed by atoms with Gasteiger partial charge in [-0.1, -0.05) is 17.4 Å². The fourth-order valence-electron chi connectivity index (χ4n) is 5.15. The first-order chi connectivity index (χ1) is 19.4. The van der Waals surface area contributed by atoms with Crippen LogP contribution in [0.5, 0.6) is 0 Å². The summed E-state index contributed by atoms with van der Waals surface area (Å²) >= 11 is 1.44. The molecule has 4 aromatic rings. The first kappa shape index (κ1) is 28.3. The Morgan fingerprint density at radius 2 is 1.98 bits per heavy atom. The van der Waals surface area contributed by atoms with Gasteiger partial charge >= 0.3 is 6.09 Å². The van der Waals surface area contributed by atoms with E-state index in [0.717, 1.165) is 10.4 Å². The zero-order valence-corrected chi connectivity index (χ0v) is 24.8. The van der Waals surface area contributed by atoms with Gasteiger partial charge in [0.15, 0.2) is 10.9 Å². The molecule has 0 bridgehead atoms. The van der Waals surface area contributed by atoms with Crippen LogP contribution in [-0.4, -0.2) is 69.5 Å². The number of benzene rings is 2. The number of carbonyl (C=O) groups excluding carboxylic acids is 2. The van der Waals surface area contributed by atoms with E-state index in [1.54, 1.807) is 43.4 Å². The number of amides is 2. The molecule has 0 spiro atoms. The third-order valence-electron chi connectivity index (χ3n) is 6.86. The van der Waals surface area contributed by atoms with Gasteiger partial charge in [0.2, 0.25) is 0 Å². The van der Waals surface area contributed by atoms with E-state index < -0.39 is 17.3 Å². The molecule has 0 saturated carbocycles. The molecule has 2 atom stereocenters. The molecule has 5 rings (SSSR count). The Labute approximate surface area is 241 Å². The number of aromatic nitrogens is 3. The number of halogens is 1. The van der Waals surface area contributed by atoms with Crippen LogP contribution in [0, 0.1) is 5.82 Å². The molecule has 2 N–H and O–H groups in total. The molecule has 2 amide bonds. The highest BCUT2D eigenvalue weighted by atomic mass is 32.1. The maximum atomic E-state index is 14.6. The lowest BCUT2D eigenvalue weighted by Crippen LogP contribution is -2.59. The third-order valence-corrected chi connectivity index (χ3v) is 7.95. The minimum Gasteiger partial charge on any atom is -0.444 e. The highest BCUT2D eigenvalue weighted by molar-refractivity contribution is 7.22. The van der Waals surface area contributed by atoms with Crippen LogP contribution in [0.1, 0.15) is 38.1 Å². The van der Waals surface area contributed by atoms with Crippen molar-refractivity contribution in [2.45, 2.75) is 45.4 Å². The number of rotatable bonds is 5. The molecule has 41 heavy (non-hydrogen) atoms. The number of nitrogens with one attached hydrogen (secondary N) is 2. The number of hydrogen-bond acceptors (Lipinski definition) is 8. The van der Waals surface area contributed by atoms with Gasteiger partial charge in [0.25, 0.3) is 5.91 Å². The number of carbonyl (C=O) groups is 2. The second-order valence-electron chi connectivity index (χ2n) is 11.2. The fraction of sp³-hybridized carbons (Fsp3) is 0.379. The van der Waals surface area contributed by atoms with Gasteiger partial charge in [-0.05, 0) is 52.0 Å². The first-order valence-corrected chi connectivity index (χ1v) is 14.1. The van der Waals surface area contributed by atoms with Gasteiger partial charge in [0.05, 0.1) is 33.6 Å². The Bertz CT molecular complexity index is 1660. The Balaban J connectivity index is 1.46. The zero-order chi connectivity index (χ0) is 29.6. The van der Waals surface area contributed by atoms with Crippen molar-refractivity contribution in [3.05, 3.63) is 54.5 Å². The number of nitrogens with zero attached hydrogens (tertiary/aromatic N) is 5. The molecule has 1 fully saturated rings. The smallest absolute Gasteiger partial charge is 0.411 e. The van der Waals surface area contributed by atoms with E-state index in [1.807, 2.05) is 33.8 Å². The standard InChI is InChI=1S/C29H34FN7O3S/c1-8-19-15-36(13-16(2)37(19)28(39)40-29(3,4)5)22-10-9-20(24-25(22)41-27(31-6)33-24)26(38)32-18-11-17-14-35(7)34-23(17)21(30)12-18/h8-12,14,16,19H,1,13,15H2,2-7H3,(H,31,33)(H,32,38)/t16-,19-/m0/s1. The third kappa shape index (κ3) is 5.56. The van der Waals surface area contributed by atoms with Crippen molar-refractivity contribution in [1.82, 2.24) is 19.7 Å². The first-order valence-electron chi connectivity index (χ1n) is 13.3. The SMILES string of the molecule is C=C[C@H]1CN(c2ccc(C(=O)Nc3cc(F)c4nn(C)cc4c3)c3nc(NC)sc23)C[C@H](C)N1C(=O)OC(C)(C)C. The summed E-state index contributed by atoms with van der Waals surface area (Å²) in [6.07, 6.45) is 3.08. The number of ether oxygens (including phenoxy) is 1. The number of aryl methyl sites for hydroxylation is 1. The highest BCUT2D eigenvalue weighted by Crippen LogP contribution is 2.38. The van der Waals surface area contributed by atoms with Gasteiger partial charge in [-0.2, -0.15) is 5.10 Å². The van der Waals surface area contributed by atoms with Crippen LogP contribution < -0.4 is 15.5 Å². The van der Waals surface area contributed by atoms with Crippen LogP contribution in [0.2, 0.25) is 0 Å². The lowest BCUT2D eigenvalue weighted by molar-refractivity contribution is 0.00876. The van der Waals surface area contributed by atoms with Crippen molar-refractivity contribution < 1.29 is 18.7 Å². The Morgan fingerprint density at radius 1 is 1.22 bits per heavy atom. The van der Waals surface area contributed by atoms with Gasteiger partial charge in [-0.25, -0.2) is 14.2 Å². The lowest BCUT2D eigenvalue weighted by Gasteiger charge is -2.45. The Hall–Kier alpha value is -4.19. The Kier molecular flexibility index (Phi) is 7.37. The lowest BCUT2D eigenvalue weighted by atomic mass is 10.0. The predicted octanol–water partition coefficient (Wildman–Crippen LogP) is 5.62. The molecular weight excluding hydrogens is 545 g/mol. The van der Waals surface area contributed by atoms with Gasteiger partial charge in [-0.3, -0.25) is 14.4 Å². The van der Waals surface area contributed by atoms with Crippen molar-refractivity contribution in [3.63, 3.8) is 0 Å². The maximum absolute atomic E-state index is 14.6. The second kappa shape index (κ2) is 10.7. The molecule has 0 aliphatic carbocycles. The second-order valence-corrected chi connectivity index (χ2v) is 12.2. The molecule has 10 nitrogen and oxygen atoms in total. The highest BCUT2D eigenvalue weighted by Gasteiger charge is 2.37. The molecule has 0 radical (unpaired) electrons. The molecule has 3 heterocycles. The largest absolute Gasteiger partial charge is 0.444 e. The van der Waals surface area contributed by atoms with Crippen LogP contribution in [0.4, 0.5) is 25.7 Å². The summed E-state index contributed by atoms with van der Waals surface area (Å²) in [5.41, 5.74) is 1.78. The van der Waals surface area contributed by atoms with Crippen molar-refractivity contribution in [2.75, 3.05) is 35.7 Å². The molecule has 216 valence electrons. The maximum Gasteiger partial charge on any atom is 0.411 e. The normalized spacial score (nSPS) is 17.6. The van der Waals surface area contributed by atoms with Crippen LogP contribution in [0.25, 0.3) is 21.1 Å². The minimum atomic E-state index is -0.607. The van der Waals surface area contributed by atoms with Gasteiger partial charge in [-0.15, -0.1) is 6.58 Å². The monoisotopic (exact) mass is 579 g/mol. The average Bonchev–Trinajstić information content (AvgIpc) is 3.49. The summed E-state index contributed by atoms with van der Waals surface area (Å²) in [5.74, 6) is -0.911. The molecule has 0 unspecified atom stereocenters. The van der Waals surface area contributed by atoms with Crippen molar-refractivity contribution in [2.24, 2.45) is 7.05 Å². The van der Waals surface area contributed by atoms with Gasteiger partial charge in [0.1, 0.15) is 11.1 Å². The summed E-state index contributed by atoms with van der Waals surface area (Å²) in [6.45, 7) is 12.6. The molecule has 2 aromatic carbocycles. The molecular formula is C29H34FN7O3S. The minimum absolute atomic E-state index is 0.159. The van der Waals surface area contributed by atoms with Crippen LogP contribution in [0.15, 0.2) is 43.1 Å². The summed E-state index contributed by atoms with van der Waals surface area (Å²) in [4.78, 5) is 35.1. The zero-order valence-electron chi connectivity index (χ0n) is 24.0. The van der Waals surface area contributed by atoms with E-state index in [1.165, 1.54) is 22.1 Å². The quantitative estimate of drug-likeness (QED) is 0.296. The molecule has 1 aliphatic rings. The summed E-state index contributed by atoms with van der Waals surface area (Å²) in [6, 6.07) is 6.15. The predicted molar refractivity (Wildman–Crippen MR) is 162 cm³/mol. The number of piperazine rings is 1. The van der Waals surface area contributed by atoms with Gasteiger partial charge in [0, 0.05) is 44.5 Å². The van der Waals surface area contributed by atoms with Crippen LogP contribution >= 0.6 is 11.3 Å². The average molecular weight is 580 g/mol. The number of fused-ring (bicyclic) bond motifs is 2. The number of hydrogen-bond donors (Lipinski definition) is 2. The van der Waals surface area contributed by atoms with E-state index in [2.05, 4.69) is 32.2 Å². The molecule has 12 heteroatoms. The van der Waals surface area contributed by atoms with Crippen molar-refractivity contribution in [3.8, 4) is 0 Å². The summed E-state index contributed by atoms with van der Waals surface area (Å²) in [7, 11) is 3.49. The van der Waals surface area contributed by atoms with Crippen LogP contribution in [-0.2, 0) is 11.8 Å². The number of anilines is 3. The molecule has 1 aliphatic heterocycles. The van der Waals surface area contributed by atoms with Crippen molar-refractivity contribution >= 4 is 61.0 Å².